The van der Waals surface area contributed by atoms with Crippen molar-refractivity contribution in [1.82, 2.24) is 10.0 Å². The monoisotopic (exact) mass is 282 g/mol. The Hall–Kier alpha value is -0.470. The van der Waals surface area contributed by atoms with E-state index in [0.717, 1.165) is 0 Å². The van der Waals surface area contributed by atoms with Gasteiger partial charge in [-0.3, -0.25) is 0 Å². The van der Waals surface area contributed by atoms with Crippen molar-refractivity contribution in [2.24, 2.45) is 0 Å². The van der Waals surface area contributed by atoms with Gasteiger partial charge >= 0.3 is 6.09 Å². The molecule has 1 aliphatic rings. The van der Waals surface area contributed by atoms with E-state index in [0.29, 0.717) is 11.5 Å². The number of carbonyl (C=O) groups is 1. The van der Waals surface area contributed by atoms with E-state index < -0.39 is 16.1 Å². The number of hydrogen-bond donors (Lipinski definition) is 2. The normalized spacial score (nSPS) is 24.1. The smallest absolute Gasteiger partial charge is 0.407 e. The van der Waals surface area contributed by atoms with Crippen LogP contribution in [0.15, 0.2) is 0 Å². The number of rotatable bonds is 3. The Morgan fingerprint density at radius 2 is 2.29 bits per heavy atom. The first kappa shape index (κ1) is 14.6. The molecule has 8 heteroatoms. The summed E-state index contributed by atoms with van der Waals surface area (Å²) < 4.78 is 30.3. The zero-order valence-corrected chi connectivity index (χ0v) is 11.6. The van der Waals surface area contributed by atoms with E-state index in [1.54, 1.807) is 0 Å². The molecule has 0 radical (unpaired) electrons. The van der Waals surface area contributed by atoms with Crippen LogP contribution in [0.1, 0.15) is 13.8 Å². The molecule has 1 saturated heterocycles. The number of ether oxygens (including phenoxy) is 1. The lowest BCUT2D eigenvalue weighted by Crippen LogP contribution is -2.41. The molecule has 0 unspecified atom stereocenters. The number of nitrogens with one attached hydrogen (secondary N) is 2. The fourth-order valence-corrected chi connectivity index (χ4v) is 4.14. The second-order valence-electron chi connectivity index (χ2n) is 4.11. The molecule has 0 aromatic heterocycles. The van der Waals surface area contributed by atoms with E-state index in [9.17, 15) is 13.2 Å². The van der Waals surface area contributed by atoms with Crippen LogP contribution < -0.4 is 10.0 Å². The maximum absolute atomic E-state index is 11.4. The molecule has 0 aromatic rings. The molecule has 0 spiro atoms. The summed E-state index contributed by atoms with van der Waals surface area (Å²) in [7, 11) is -3.22. The molecule has 0 aliphatic carbocycles. The number of alkyl carbamates (subject to hydrolysis) is 1. The molecule has 2 N–H and O–H groups in total. The van der Waals surface area contributed by atoms with Gasteiger partial charge in [0.25, 0.3) is 0 Å². The van der Waals surface area contributed by atoms with Gasteiger partial charge in [0.2, 0.25) is 10.0 Å². The average molecular weight is 282 g/mol. The van der Waals surface area contributed by atoms with Crippen molar-refractivity contribution < 1.29 is 17.9 Å². The highest BCUT2D eigenvalue weighted by Gasteiger charge is 2.23. The van der Waals surface area contributed by atoms with Crippen molar-refractivity contribution in [3.05, 3.63) is 0 Å². The summed E-state index contributed by atoms with van der Waals surface area (Å²) in [4.78, 5) is 11.2. The van der Waals surface area contributed by atoms with Crippen molar-refractivity contribution in [3.63, 3.8) is 0 Å². The van der Waals surface area contributed by atoms with Crippen LogP contribution >= 0.6 is 11.8 Å². The molecule has 1 aliphatic heterocycles. The van der Waals surface area contributed by atoms with Crippen LogP contribution in [0.4, 0.5) is 4.79 Å². The second kappa shape index (κ2) is 6.46. The van der Waals surface area contributed by atoms with Crippen LogP contribution in [0.25, 0.3) is 0 Å². The summed E-state index contributed by atoms with van der Waals surface area (Å²) >= 11 is 1.54. The topological polar surface area (TPSA) is 84.5 Å². The number of amides is 1. The van der Waals surface area contributed by atoms with E-state index in [1.807, 2.05) is 13.8 Å². The fourth-order valence-electron chi connectivity index (χ4n) is 1.28. The van der Waals surface area contributed by atoms with Gasteiger partial charge in [-0.25, -0.2) is 17.9 Å². The van der Waals surface area contributed by atoms with E-state index in [2.05, 4.69) is 10.0 Å². The minimum absolute atomic E-state index is 0.00250. The number of sulfonamides is 1. The first-order valence-electron chi connectivity index (χ1n) is 5.40. The second-order valence-corrected chi connectivity index (χ2v) is 7.13. The summed E-state index contributed by atoms with van der Waals surface area (Å²) in [5, 5.41) is 2.57. The maximum Gasteiger partial charge on any atom is 0.407 e. The first-order valence-corrected chi connectivity index (χ1v) is 8.21. The SMILES string of the molecule is CC(C)NC(=O)OC[C@@H]1CSCCS(=O)(=O)N1. The summed E-state index contributed by atoms with van der Waals surface area (Å²) in [6, 6.07) is -0.340. The third-order valence-electron chi connectivity index (χ3n) is 1.98. The van der Waals surface area contributed by atoms with Crippen molar-refractivity contribution in [2.45, 2.75) is 25.9 Å². The predicted octanol–water partition coefficient (Wildman–Crippen LogP) is 0.156. The Bertz CT molecular complexity index is 356. The Morgan fingerprint density at radius 3 is 2.94 bits per heavy atom. The molecule has 100 valence electrons. The highest BCUT2D eigenvalue weighted by molar-refractivity contribution is 8.00. The summed E-state index contributed by atoms with van der Waals surface area (Å²) in [6.45, 7) is 3.71. The third-order valence-corrected chi connectivity index (χ3v) is 4.81. The Morgan fingerprint density at radius 1 is 1.59 bits per heavy atom. The quantitative estimate of drug-likeness (QED) is 0.770. The summed E-state index contributed by atoms with van der Waals surface area (Å²) in [5.74, 6) is 1.31. The van der Waals surface area contributed by atoms with Gasteiger partial charge in [-0.1, -0.05) is 0 Å². The molecule has 1 fully saturated rings. The number of hydrogen-bond acceptors (Lipinski definition) is 5. The maximum atomic E-state index is 11.4. The molecule has 1 heterocycles. The lowest BCUT2D eigenvalue weighted by atomic mass is 10.4. The highest BCUT2D eigenvalue weighted by Crippen LogP contribution is 2.10. The Labute approximate surface area is 106 Å². The highest BCUT2D eigenvalue weighted by atomic mass is 32.2. The van der Waals surface area contributed by atoms with Gasteiger partial charge in [-0.05, 0) is 13.8 Å². The van der Waals surface area contributed by atoms with Crippen LogP contribution in [-0.4, -0.2) is 50.5 Å². The van der Waals surface area contributed by atoms with E-state index in [-0.39, 0.29) is 24.4 Å². The summed E-state index contributed by atoms with van der Waals surface area (Å²) in [6.07, 6.45) is -0.520. The van der Waals surface area contributed by atoms with Crippen LogP contribution in [-0.2, 0) is 14.8 Å². The van der Waals surface area contributed by atoms with E-state index >= 15 is 0 Å². The zero-order valence-electron chi connectivity index (χ0n) is 9.93. The zero-order chi connectivity index (χ0) is 12.9. The van der Waals surface area contributed by atoms with Gasteiger partial charge in [0.05, 0.1) is 11.8 Å². The standard InChI is InChI=1S/C9H18N2O4S2/c1-7(2)10-9(12)15-5-8-6-16-3-4-17(13,14)11-8/h7-8,11H,3-6H2,1-2H3,(H,10,12)/t8-/m1/s1. The largest absolute Gasteiger partial charge is 0.448 e. The van der Waals surface area contributed by atoms with Crippen molar-refractivity contribution in [1.29, 1.82) is 0 Å². The lowest BCUT2D eigenvalue weighted by Gasteiger charge is -2.16. The van der Waals surface area contributed by atoms with Crippen LogP contribution in [0.5, 0.6) is 0 Å². The number of carbonyl (C=O) groups excluding carboxylic acids is 1. The third kappa shape index (κ3) is 6.13. The molecule has 1 atom stereocenters. The van der Waals surface area contributed by atoms with Gasteiger partial charge in [0.15, 0.2) is 0 Å². The minimum Gasteiger partial charge on any atom is -0.448 e. The Kier molecular flexibility index (Phi) is 5.54. The van der Waals surface area contributed by atoms with Crippen LogP contribution in [0, 0.1) is 0 Å². The Balaban J connectivity index is 2.38. The minimum atomic E-state index is -3.22. The average Bonchev–Trinajstić information content (AvgIpc) is 2.35. The molecule has 0 aromatic carbocycles. The molecular weight excluding hydrogens is 264 g/mol. The first-order chi connectivity index (χ1) is 7.89. The van der Waals surface area contributed by atoms with Gasteiger partial charge in [-0.2, -0.15) is 11.8 Å². The predicted molar refractivity (Wildman–Crippen MR) is 67.7 cm³/mol. The van der Waals surface area contributed by atoms with Gasteiger partial charge in [-0.15, -0.1) is 0 Å². The van der Waals surface area contributed by atoms with Gasteiger partial charge in [0, 0.05) is 17.5 Å². The molecule has 1 amide bonds. The molecule has 1 rings (SSSR count). The van der Waals surface area contributed by atoms with E-state index in [1.165, 1.54) is 11.8 Å². The van der Waals surface area contributed by atoms with Crippen LogP contribution in [0.2, 0.25) is 0 Å². The number of thioether (sulfide) groups is 1. The van der Waals surface area contributed by atoms with Crippen molar-refractivity contribution in [2.75, 3.05) is 23.9 Å². The van der Waals surface area contributed by atoms with Crippen molar-refractivity contribution in [3.8, 4) is 0 Å². The molecule has 0 saturated carbocycles. The fraction of sp³-hybridized carbons (Fsp3) is 0.889. The summed E-state index contributed by atoms with van der Waals surface area (Å²) in [5.41, 5.74) is 0. The van der Waals surface area contributed by atoms with E-state index in [4.69, 9.17) is 4.74 Å². The van der Waals surface area contributed by atoms with Gasteiger partial charge in [0.1, 0.15) is 6.61 Å². The van der Waals surface area contributed by atoms with Crippen molar-refractivity contribution >= 4 is 27.9 Å². The van der Waals surface area contributed by atoms with Crippen LogP contribution in [0.3, 0.4) is 0 Å². The molecule has 0 bridgehead atoms. The lowest BCUT2D eigenvalue weighted by molar-refractivity contribution is 0.137. The molecule has 17 heavy (non-hydrogen) atoms. The molecule has 6 nitrogen and oxygen atoms in total. The van der Waals surface area contributed by atoms with Gasteiger partial charge < -0.3 is 10.1 Å². The molecular formula is C9H18N2O4S2.